The van der Waals surface area contributed by atoms with E-state index in [1.54, 1.807) is 313 Å². The first-order chi connectivity index (χ1) is 41.7. The Morgan fingerprint density at radius 3 is 0.741 bits per heavy atom. The molecule has 384 valence electrons. The third-order valence-corrected chi connectivity index (χ3v) is 27.7. The van der Waals surface area contributed by atoms with Gasteiger partial charge in [0.15, 0.2) is 0 Å². The summed E-state index contributed by atoms with van der Waals surface area (Å²) >= 11 is 0. The molecule has 1 heterocycles. The van der Waals surface area contributed by atoms with Crippen LogP contribution in [0.1, 0.15) is 81.5 Å². The normalized spacial score (nSPS) is 20.9. The summed E-state index contributed by atoms with van der Waals surface area (Å²) in [6, 6.07) is 0. The number of amides is 2. The fourth-order valence-electron chi connectivity index (χ4n) is 27.0. The highest BCUT2D eigenvalue weighted by Gasteiger charge is 2.72. The Bertz CT molecular complexity index is 7130. The highest BCUT2D eigenvalue weighted by molar-refractivity contribution is 6.82. The second-order valence-electron chi connectivity index (χ2n) is 30.9. The SMILES string of the molecule is CC(C)(C)OC(=O)CCCNC(=O)CCCNC(=O)CCCN1CC23c4c5c6c7c8c9c(c%10c%11c2c2c4c4c%12c5c5c6c6c8c8c%13c9c9c%10c%10c%11c%11c2c2c4c4c%12c%12c5c5c6c8c6c8c%13c9c9c%10c%10c%11c2c2c4c4c%12c5c6c5c8c9c%10c2c45)C73C1. The Labute approximate surface area is 471 Å². The van der Waals surface area contributed by atoms with Crippen molar-refractivity contribution in [3.63, 3.8) is 0 Å². The Morgan fingerprint density at radius 1 is 0.318 bits per heavy atom. The summed E-state index contributed by atoms with van der Waals surface area (Å²) in [5.41, 5.74) is 5.76. The van der Waals surface area contributed by atoms with Gasteiger partial charge in [-0.2, -0.15) is 0 Å². The number of hydrogen-bond acceptors (Lipinski definition) is 5. The molecule has 4 aliphatic carbocycles. The van der Waals surface area contributed by atoms with Crippen LogP contribution in [0.4, 0.5) is 0 Å². The number of nitrogens with zero attached hydrogens (tertiary/aromatic N) is 1. The number of rotatable bonds is 12. The third-order valence-electron chi connectivity index (χ3n) is 27.7. The fourth-order valence-corrected chi connectivity index (χ4v) is 27.0. The number of benzene rings is 18. The molecule has 1 fully saturated rings. The maximum absolute atomic E-state index is 13.9. The fraction of sp³-hybridized carbons (Fsp3) is 0.218. The van der Waals surface area contributed by atoms with Gasteiger partial charge in [-0.3, -0.25) is 14.4 Å². The predicted molar refractivity (Wildman–Crippen MR) is 350 cm³/mol. The summed E-state index contributed by atoms with van der Waals surface area (Å²) in [4.78, 5) is 41.8. The minimum absolute atomic E-state index is 0.0498. The van der Waals surface area contributed by atoms with E-state index in [1.807, 2.05) is 20.8 Å². The molecule has 28 aromatic rings. The van der Waals surface area contributed by atoms with E-state index in [0.717, 1.165) is 26.1 Å². The maximum Gasteiger partial charge on any atom is 0.306 e. The summed E-state index contributed by atoms with van der Waals surface area (Å²) in [5, 5.41) is 94.3. The number of esters is 1. The van der Waals surface area contributed by atoms with Crippen molar-refractivity contribution in [1.82, 2.24) is 15.5 Å². The molecule has 0 atom stereocenters. The smallest absolute Gasteiger partial charge is 0.306 e. The van der Waals surface area contributed by atoms with Crippen LogP contribution in [-0.2, 0) is 30.0 Å². The maximum atomic E-state index is 13.9. The second kappa shape index (κ2) is 9.35. The number of hydrogen-bond donors (Lipinski definition) is 2. The van der Waals surface area contributed by atoms with E-state index >= 15 is 0 Å². The van der Waals surface area contributed by atoms with Gasteiger partial charge in [0, 0.05) is 45.4 Å². The van der Waals surface area contributed by atoms with Crippen molar-refractivity contribution in [2.75, 3.05) is 32.7 Å². The molecule has 1 saturated heterocycles. The number of nitrogens with one attached hydrogen (secondary N) is 2. The molecule has 1 aliphatic heterocycles. The third kappa shape index (κ3) is 2.50. The molecule has 0 saturated carbocycles. The largest absolute Gasteiger partial charge is 0.460 e. The molecule has 0 radical (unpaired) electrons. The van der Waals surface area contributed by atoms with Crippen LogP contribution in [0.3, 0.4) is 0 Å². The Hall–Kier alpha value is -9.17. The molecule has 0 unspecified atom stereocenters. The highest BCUT2D eigenvalue weighted by atomic mass is 16.6. The van der Waals surface area contributed by atoms with Crippen molar-refractivity contribution in [3.05, 3.63) is 22.3 Å². The lowest BCUT2D eigenvalue weighted by atomic mass is 9.50. The van der Waals surface area contributed by atoms with Crippen LogP contribution in [0, 0.1) is 0 Å². The van der Waals surface area contributed by atoms with E-state index in [9.17, 15) is 14.4 Å². The lowest BCUT2D eigenvalue weighted by Crippen LogP contribution is -2.51. The summed E-state index contributed by atoms with van der Waals surface area (Å²) in [6.07, 6.45) is 2.98. The summed E-state index contributed by atoms with van der Waals surface area (Å²) in [6.45, 7) is 9.31. The quantitative estimate of drug-likeness (QED) is 0.0723. The standard InChI is InChI=1S/C78H33N3O4/c1-76(2,3)85-17(84)9-5-11-80-15(82)7-4-10-79-16(83)8-6-12-81-13-77-72-64-56-46-36-28-20-18-19-22-26-24(20)32-40-34(26)44-38-30(22)31-23(19)27-25-21(18)29(28)37-43-33(25)41-35(27)45-39(31)49-48(38)58-52(44)62-54(40)60(50(56)42(32)36)68(72)70(62)74-66(58)67-59(49)53(45)63-55(41)61-51(43)57(47(37)46)65(64)73(77)69(61)71(63)75(67)78(74,77)14-81/h4-14H2,1-3H3,(H,79,83)(H,80,82). The van der Waals surface area contributed by atoms with E-state index in [0.29, 0.717) is 38.8 Å². The van der Waals surface area contributed by atoms with Crippen molar-refractivity contribution in [2.24, 2.45) is 0 Å². The predicted octanol–water partition coefficient (Wildman–Crippen LogP) is 17.5. The average molecular weight is 1080 g/mol. The van der Waals surface area contributed by atoms with Crippen LogP contribution >= 0.6 is 0 Å². The second-order valence-corrected chi connectivity index (χ2v) is 30.9. The Morgan fingerprint density at radius 2 is 0.518 bits per heavy atom. The zero-order chi connectivity index (χ0) is 53.2. The van der Waals surface area contributed by atoms with Gasteiger partial charge in [-0.25, -0.2) is 0 Å². The highest BCUT2D eigenvalue weighted by Crippen LogP contribution is 2.85. The molecule has 0 aromatic heterocycles. The minimum atomic E-state index is -0.517. The van der Waals surface area contributed by atoms with Crippen LogP contribution in [0.2, 0.25) is 0 Å². The molecular formula is C78H33N3O4. The van der Waals surface area contributed by atoms with Crippen LogP contribution in [-0.4, -0.2) is 61.0 Å². The van der Waals surface area contributed by atoms with Crippen LogP contribution < -0.4 is 10.6 Å². The van der Waals surface area contributed by atoms with E-state index in [4.69, 9.17) is 4.74 Å². The molecular weight excluding hydrogens is 1040 g/mol. The first kappa shape index (κ1) is 37.2. The summed E-state index contributed by atoms with van der Waals surface area (Å²) in [7, 11) is 0. The van der Waals surface area contributed by atoms with Gasteiger partial charge in [-0.05, 0) is 360 Å². The zero-order valence-electron chi connectivity index (χ0n) is 45.9. The molecule has 2 spiro atoms. The van der Waals surface area contributed by atoms with E-state index < -0.39 is 5.60 Å². The van der Waals surface area contributed by atoms with E-state index in [1.165, 1.54) is 0 Å². The van der Waals surface area contributed by atoms with Crippen LogP contribution in [0.5, 0.6) is 0 Å². The molecule has 2 amide bonds. The van der Waals surface area contributed by atoms with Crippen LogP contribution in [0.25, 0.3) is 291 Å². The van der Waals surface area contributed by atoms with Gasteiger partial charge >= 0.3 is 5.97 Å². The van der Waals surface area contributed by atoms with Crippen molar-refractivity contribution < 1.29 is 19.1 Å². The topological polar surface area (TPSA) is 87.7 Å². The molecule has 5 aliphatic rings. The van der Waals surface area contributed by atoms with Gasteiger partial charge in [-0.15, -0.1) is 0 Å². The Balaban J connectivity index is 0.708. The first-order valence-electron chi connectivity index (χ1n) is 31.9. The van der Waals surface area contributed by atoms with Gasteiger partial charge in [0.05, 0.1) is 10.8 Å². The molecule has 0 bridgehead atoms. The molecule has 7 heteroatoms. The lowest BCUT2D eigenvalue weighted by molar-refractivity contribution is -0.155. The minimum Gasteiger partial charge on any atom is -0.460 e. The van der Waals surface area contributed by atoms with E-state index in [2.05, 4.69) is 15.5 Å². The average Bonchev–Trinajstić information content (AvgIpc) is 1.39. The first-order valence-corrected chi connectivity index (χ1v) is 31.9. The number of carbonyl (C=O) groups is 3. The Kier molecular flexibility index (Phi) is 4.09. The van der Waals surface area contributed by atoms with Gasteiger partial charge in [-0.1, -0.05) is 0 Å². The number of ether oxygens (including phenoxy) is 1. The molecule has 2 N–H and O–H groups in total. The van der Waals surface area contributed by atoms with Crippen molar-refractivity contribution in [2.45, 2.75) is 75.7 Å². The van der Waals surface area contributed by atoms with Gasteiger partial charge < -0.3 is 20.3 Å². The molecule has 33 rings (SSSR count). The summed E-state index contributed by atoms with van der Waals surface area (Å²) in [5.74, 6) is -0.222. The molecule has 85 heavy (non-hydrogen) atoms. The number of likely N-dealkylation sites (tertiary alicyclic amines) is 1. The molecule has 28 aromatic carbocycles. The van der Waals surface area contributed by atoms with Crippen molar-refractivity contribution >= 4 is 309 Å². The van der Waals surface area contributed by atoms with Gasteiger partial charge in [0.2, 0.25) is 11.8 Å². The zero-order valence-corrected chi connectivity index (χ0v) is 45.9. The van der Waals surface area contributed by atoms with E-state index in [-0.39, 0.29) is 35.0 Å². The lowest BCUT2D eigenvalue weighted by Gasteiger charge is -2.49. The van der Waals surface area contributed by atoms with Crippen LogP contribution in [0.15, 0.2) is 0 Å². The van der Waals surface area contributed by atoms with Gasteiger partial charge in [0.1, 0.15) is 5.60 Å². The van der Waals surface area contributed by atoms with Crippen molar-refractivity contribution in [3.8, 4) is 0 Å². The van der Waals surface area contributed by atoms with Gasteiger partial charge in [0.25, 0.3) is 0 Å². The van der Waals surface area contributed by atoms with Crippen molar-refractivity contribution in [1.29, 1.82) is 0 Å². The number of carbonyl (C=O) groups excluding carboxylic acids is 3. The molecule has 7 nitrogen and oxygen atoms in total. The monoisotopic (exact) mass is 1080 g/mol. The summed E-state index contributed by atoms with van der Waals surface area (Å²) < 4.78 is 5.43.